The lowest BCUT2D eigenvalue weighted by molar-refractivity contribution is -0.142. The molecule has 34 heavy (non-hydrogen) atoms. The van der Waals surface area contributed by atoms with Crippen LogP contribution in [0.25, 0.3) is 11.1 Å². The molecule has 8 heteroatoms. The van der Waals surface area contributed by atoms with Crippen LogP contribution in [0.4, 0.5) is 4.79 Å². The van der Waals surface area contributed by atoms with Gasteiger partial charge in [-0.3, -0.25) is 9.59 Å². The number of unbranched alkanes of at least 4 members (excludes halogenated alkanes) is 1. The molecule has 0 saturated carbocycles. The van der Waals surface area contributed by atoms with E-state index in [9.17, 15) is 14.4 Å². The number of ether oxygens (including phenoxy) is 1. The normalized spacial score (nSPS) is 14.6. The molecule has 3 unspecified atom stereocenters. The maximum absolute atomic E-state index is 12.7. The highest BCUT2D eigenvalue weighted by atomic mass is 16.5. The third kappa shape index (κ3) is 5.73. The van der Waals surface area contributed by atoms with E-state index in [-0.39, 0.29) is 25.4 Å². The quantitative estimate of drug-likeness (QED) is 0.460. The summed E-state index contributed by atoms with van der Waals surface area (Å²) >= 11 is 0. The molecule has 8 nitrogen and oxygen atoms in total. The highest BCUT2D eigenvalue weighted by molar-refractivity contribution is 5.86. The fourth-order valence-corrected chi connectivity index (χ4v) is 4.10. The van der Waals surface area contributed by atoms with Gasteiger partial charge in [0.05, 0.1) is 12.0 Å². The van der Waals surface area contributed by atoms with Crippen molar-refractivity contribution in [2.45, 2.75) is 51.1 Å². The van der Waals surface area contributed by atoms with Crippen LogP contribution in [0, 0.1) is 17.2 Å². The highest BCUT2D eigenvalue weighted by Gasteiger charge is 2.30. The highest BCUT2D eigenvalue weighted by Crippen LogP contribution is 2.44. The van der Waals surface area contributed by atoms with Crippen LogP contribution in [0.1, 0.15) is 50.2 Å². The number of carbonyl (C=O) groups excluding carboxylic acids is 2. The fraction of sp³-hybridized carbons (Fsp3) is 0.385. The number of carboxylic acids is 1. The van der Waals surface area contributed by atoms with E-state index in [0.29, 0.717) is 6.42 Å². The van der Waals surface area contributed by atoms with Crippen molar-refractivity contribution in [3.05, 3.63) is 59.7 Å². The van der Waals surface area contributed by atoms with Gasteiger partial charge >= 0.3 is 12.1 Å². The zero-order valence-corrected chi connectivity index (χ0v) is 19.3. The van der Waals surface area contributed by atoms with Gasteiger partial charge in [0.15, 0.2) is 0 Å². The number of nitrogens with zero attached hydrogens (tertiary/aromatic N) is 1. The van der Waals surface area contributed by atoms with Crippen LogP contribution in [0.15, 0.2) is 48.5 Å². The van der Waals surface area contributed by atoms with Gasteiger partial charge in [0.25, 0.3) is 0 Å². The van der Waals surface area contributed by atoms with Gasteiger partial charge in [-0.25, -0.2) is 4.79 Å². The molecule has 2 aromatic carbocycles. The minimum atomic E-state index is -1.03. The molecule has 0 aliphatic heterocycles. The third-order valence-electron chi connectivity index (χ3n) is 6.24. The van der Waals surface area contributed by atoms with Gasteiger partial charge in [-0.15, -0.1) is 0 Å². The molecule has 3 N–H and O–H groups in total. The number of hydrogen-bond acceptors (Lipinski definition) is 5. The molecule has 1 aliphatic rings. The number of fused-ring (bicyclic) bond motifs is 3. The average Bonchev–Trinajstić information content (AvgIpc) is 3.15. The molecular formula is C26H29N3O5. The lowest BCUT2D eigenvalue weighted by Gasteiger charge is -2.23. The van der Waals surface area contributed by atoms with E-state index in [1.807, 2.05) is 54.6 Å². The summed E-state index contributed by atoms with van der Waals surface area (Å²) in [7, 11) is 0. The predicted molar refractivity (Wildman–Crippen MR) is 126 cm³/mol. The first kappa shape index (κ1) is 24.8. The van der Waals surface area contributed by atoms with Gasteiger partial charge < -0.3 is 20.5 Å². The first-order valence-corrected chi connectivity index (χ1v) is 11.3. The van der Waals surface area contributed by atoms with Crippen LogP contribution in [0.2, 0.25) is 0 Å². The lowest BCUT2D eigenvalue weighted by atomic mass is 9.98. The number of amides is 2. The van der Waals surface area contributed by atoms with Crippen LogP contribution in [-0.4, -0.2) is 41.8 Å². The number of aliphatic carboxylic acids is 1. The largest absolute Gasteiger partial charge is 0.481 e. The fourth-order valence-electron chi connectivity index (χ4n) is 4.10. The lowest BCUT2D eigenvalue weighted by Crippen LogP contribution is -2.51. The van der Waals surface area contributed by atoms with E-state index in [1.165, 1.54) is 6.92 Å². The topological polar surface area (TPSA) is 129 Å². The van der Waals surface area contributed by atoms with Crippen LogP contribution in [0.5, 0.6) is 0 Å². The second kappa shape index (κ2) is 11.3. The Morgan fingerprint density at radius 1 is 1.03 bits per heavy atom. The summed E-state index contributed by atoms with van der Waals surface area (Å²) in [5.41, 5.74) is 4.39. The van der Waals surface area contributed by atoms with E-state index in [0.717, 1.165) is 22.3 Å². The molecule has 3 rings (SSSR count). The van der Waals surface area contributed by atoms with Gasteiger partial charge in [0.2, 0.25) is 5.91 Å². The van der Waals surface area contributed by atoms with Crippen molar-refractivity contribution in [2.75, 3.05) is 6.61 Å². The summed E-state index contributed by atoms with van der Waals surface area (Å²) in [5, 5.41) is 23.2. The zero-order valence-electron chi connectivity index (χ0n) is 19.3. The van der Waals surface area contributed by atoms with Crippen molar-refractivity contribution in [3.8, 4) is 17.2 Å². The molecule has 0 bridgehead atoms. The van der Waals surface area contributed by atoms with Crippen molar-refractivity contribution in [2.24, 2.45) is 5.92 Å². The van der Waals surface area contributed by atoms with Crippen LogP contribution in [-0.2, 0) is 14.3 Å². The Kier molecular flexibility index (Phi) is 8.25. The molecule has 0 heterocycles. The Bertz CT molecular complexity index is 1050. The Morgan fingerprint density at radius 2 is 1.62 bits per heavy atom. The van der Waals surface area contributed by atoms with Crippen LogP contribution in [0.3, 0.4) is 0 Å². The molecular weight excluding hydrogens is 434 g/mol. The summed E-state index contributed by atoms with van der Waals surface area (Å²) in [6.45, 7) is 3.20. The first-order valence-electron chi connectivity index (χ1n) is 11.3. The average molecular weight is 464 g/mol. The predicted octanol–water partition coefficient (Wildman–Crippen LogP) is 3.81. The number of carboxylic acid groups (broad SMARTS) is 1. The number of benzene rings is 2. The summed E-state index contributed by atoms with van der Waals surface area (Å²) in [5.74, 6) is -2.44. The maximum Gasteiger partial charge on any atom is 0.407 e. The minimum Gasteiger partial charge on any atom is -0.481 e. The Balaban J connectivity index is 1.65. The summed E-state index contributed by atoms with van der Waals surface area (Å²) in [4.78, 5) is 36.6. The van der Waals surface area contributed by atoms with Crippen molar-refractivity contribution >= 4 is 18.0 Å². The smallest absolute Gasteiger partial charge is 0.407 e. The second-order valence-corrected chi connectivity index (χ2v) is 8.50. The Labute approximate surface area is 198 Å². The SMILES string of the molecule is CC(NC(=O)C(CCCC#N)NC(=O)OCC1c2ccccc2-c2ccccc21)C(C)C(=O)O. The van der Waals surface area contributed by atoms with Crippen molar-refractivity contribution in [1.82, 2.24) is 10.6 Å². The minimum absolute atomic E-state index is 0.110. The van der Waals surface area contributed by atoms with Crippen molar-refractivity contribution in [1.29, 1.82) is 5.26 Å². The number of hydrogen-bond donors (Lipinski definition) is 3. The van der Waals surface area contributed by atoms with Crippen molar-refractivity contribution < 1.29 is 24.2 Å². The molecule has 2 amide bonds. The van der Waals surface area contributed by atoms with Gasteiger partial charge in [-0.1, -0.05) is 48.5 Å². The van der Waals surface area contributed by atoms with Gasteiger partial charge in [-0.05, 0) is 48.9 Å². The standard InChI is InChI=1S/C26H29N3O5/c1-16(25(31)32)17(2)28-24(30)23(13-7-8-14-27)29-26(33)34-15-22-20-11-5-3-9-18(20)19-10-4-6-12-21(19)22/h3-6,9-12,16-17,22-23H,7-8,13,15H2,1-2H3,(H,28,30)(H,29,33)(H,31,32). The first-order chi connectivity index (χ1) is 16.3. The number of alkyl carbamates (subject to hydrolysis) is 1. The molecule has 0 radical (unpaired) electrons. The summed E-state index contributed by atoms with van der Waals surface area (Å²) in [6.07, 6.45) is 0.133. The maximum atomic E-state index is 12.7. The monoisotopic (exact) mass is 463 g/mol. The summed E-state index contributed by atoms with van der Waals surface area (Å²) < 4.78 is 5.53. The van der Waals surface area contributed by atoms with E-state index < -0.39 is 36.0 Å². The number of nitriles is 1. The third-order valence-corrected chi connectivity index (χ3v) is 6.24. The van der Waals surface area contributed by atoms with Crippen molar-refractivity contribution in [3.63, 3.8) is 0 Å². The van der Waals surface area contributed by atoms with Crippen LogP contribution < -0.4 is 10.6 Å². The molecule has 0 fully saturated rings. The van der Waals surface area contributed by atoms with E-state index in [2.05, 4.69) is 10.6 Å². The molecule has 1 aliphatic carbocycles. The number of rotatable bonds is 10. The van der Waals surface area contributed by atoms with E-state index >= 15 is 0 Å². The Morgan fingerprint density at radius 3 is 2.18 bits per heavy atom. The molecule has 0 spiro atoms. The van der Waals surface area contributed by atoms with E-state index in [4.69, 9.17) is 15.1 Å². The zero-order chi connectivity index (χ0) is 24.7. The molecule has 0 saturated heterocycles. The number of nitrogens with one attached hydrogen (secondary N) is 2. The van der Waals surface area contributed by atoms with E-state index in [1.54, 1.807) is 6.92 Å². The summed E-state index contributed by atoms with van der Waals surface area (Å²) in [6, 6.07) is 16.4. The molecule has 2 aromatic rings. The molecule has 178 valence electrons. The molecule has 3 atom stereocenters. The second-order valence-electron chi connectivity index (χ2n) is 8.50. The van der Waals surface area contributed by atoms with Gasteiger partial charge in [-0.2, -0.15) is 5.26 Å². The van der Waals surface area contributed by atoms with Gasteiger partial charge in [0, 0.05) is 18.4 Å². The Hall–Kier alpha value is -3.86. The number of carbonyl (C=O) groups is 3. The molecule has 0 aromatic heterocycles. The van der Waals surface area contributed by atoms with Crippen LogP contribution >= 0.6 is 0 Å². The van der Waals surface area contributed by atoms with Gasteiger partial charge in [0.1, 0.15) is 12.6 Å².